The van der Waals surface area contributed by atoms with Crippen molar-refractivity contribution in [2.45, 2.75) is 103 Å². The van der Waals surface area contributed by atoms with Crippen LogP contribution in [0.2, 0.25) is 34.8 Å². The van der Waals surface area contributed by atoms with Crippen LogP contribution < -0.4 is 0 Å². The van der Waals surface area contributed by atoms with E-state index < -0.39 is 22.3 Å². The van der Waals surface area contributed by atoms with Crippen molar-refractivity contribution in [1.82, 2.24) is 0 Å². The van der Waals surface area contributed by atoms with Gasteiger partial charge in [0.25, 0.3) is 0 Å². The van der Waals surface area contributed by atoms with Crippen LogP contribution in [0.1, 0.15) is 62.3 Å². The van der Waals surface area contributed by atoms with Crippen molar-refractivity contribution >= 4 is 16.1 Å². The Bertz CT molecular complexity index is 480. The summed E-state index contributed by atoms with van der Waals surface area (Å²) in [5.74, 6) is 6.14. The summed E-state index contributed by atoms with van der Waals surface area (Å²) >= 11 is 0. The largest absolute Gasteiger partial charge is 0.369 e. The number of hydrogen-bond acceptors (Lipinski definition) is 1. The van der Waals surface area contributed by atoms with E-state index >= 15 is 0 Å². The summed E-state index contributed by atoms with van der Waals surface area (Å²) in [4.78, 5) is 0. The van der Waals surface area contributed by atoms with Gasteiger partial charge in [0.1, 0.15) is 16.1 Å². The molecular formula is C20H38OSi2. The molecule has 1 nitrogen and oxygen atoms in total. The van der Waals surface area contributed by atoms with E-state index in [2.05, 4.69) is 98.3 Å². The van der Waals surface area contributed by atoms with Crippen molar-refractivity contribution in [3.63, 3.8) is 0 Å². The van der Waals surface area contributed by atoms with Crippen LogP contribution in [-0.4, -0.2) is 27.4 Å². The molecule has 0 heterocycles. The number of aliphatic hydroxyl groups excluding tert-OH is 1. The normalized spacial score (nSPS) is 14.4. The molecule has 1 atom stereocenters. The van der Waals surface area contributed by atoms with Crippen LogP contribution in [0.5, 0.6) is 0 Å². The summed E-state index contributed by atoms with van der Waals surface area (Å²) in [6.07, 6.45) is -0.813. The van der Waals surface area contributed by atoms with Crippen LogP contribution in [-0.2, 0) is 0 Å². The Morgan fingerprint density at radius 3 is 1.39 bits per heavy atom. The van der Waals surface area contributed by atoms with Crippen LogP contribution in [0.25, 0.3) is 0 Å². The SMILES string of the molecule is CC(C)[Si](C#CC(O)C#C[Si](C)(C)C(C)(C)C)(C(C)C)C(C)C. The first-order valence-electron chi connectivity index (χ1n) is 8.92. The Morgan fingerprint density at radius 1 is 0.739 bits per heavy atom. The van der Waals surface area contributed by atoms with Crippen molar-refractivity contribution in [1.29, 1.82) is 0 Å². The van der Waals surface area contributed by atoms with Crippen LogP contribution in [0.15, 0.2) is 0 Å². The fourth-order valence-electron chi connectivity index (χ4n) is 3.10. The first kappa shape index (κ1) is 22.5. The topological polar surface area (TPSA) is 20.2 Å². The fraction of sp³-hybridized carbons (Fsp3) is 0.800. The summed E-state index contributed by atoms with van der Waals surface area (Å²) in [6, 6.07) is 0. The molecule has 3 heteroatoms. The van der Waals surface area contributed by atoms with Gasteiger partial charge in [-0.15, -0.1) is 11.1 Å². The minimum absolute atomic E-state index is 0.208. The third-order valence-corrected chi connectivity index (χ3v) is 16.5. The zero-order valence-electron chi connectivity index (χ0n) is 17.3. The predicted molar refractivity (Wildman–Crippen MR) is 110 cm³/mol. The van der Waals surface area contributed by atoms with Crippen molar-refractivity contribution in [3.8, 4) is 22.9 Å². The van der Waals surface area contributed by atoms with E-state index in [0.29, 0.717) is 16.6 Å². The lowest BCUT2D eigenvalue weighted by Gasteiger charge is -2.38. The molecule has 1 unspecified atom stereocenters. The molecule has 0 aliphatic carbocycles. The molecule has 132 valence electrons. The van der Waals surface area contributed by atoms with Crippen LogP contribution >= 0.6 is 0 Å². The van der Waals surface area contributed by atoms with Gasteiger partial charge in [0.05, 0.1) is 0 Å². The molecule has 0 aromatic rings. The van der Waals surface area contributed by atoms with Gasteiger partial charge >= 0.3 is 0 Å². The predicted octanol–water partition coefficient (Wildman–Crippen LogP) is 5.62. The summed E-state index contributed by atoms with van der Waals surface area (Å²) in [5.41, 5.74) is 8.67. The van der Waals surface area contributed by atoms with Gasteiger partial charge < -0.3 is 5.11 Å². The van der Waals surface area contributed by atoms with Gasteiger partial charge in [-0.2, -0.15) is 0 Å². The van der Waals surface area contributed by atoms with E-state index in [1.54, 1.807) is 0 Å². The maximum atomic E-state index is 10.3. The van der Waals surface area contributed by atoms with Crippen molar-refractivity contribution < 1.29 is 5.11 Å². The molecule has 0 amide bonds. The molecule has 0 aliphatic rings. The molecule has 0 saturated carbocycles. The zero-order valence-corrected chi connectivity index (χ0v) is 19.3. The zero-order chi connectivity index (χ0) is 18.6. The van der Waals surface area contributed by atoms with Gasteiger partial charge in [-0.3, -0.25) is 0 Å². The second-order valence-corrected chi connectivity index (χ2v) is 19.8. The smallest absolute Gasteiger partial charge is 0.175 e. The van der Waals surface area contributed by atoms with Crippen LogP contribution in [0, 0.1) is 22.9 Å². The Morgan fingerprint density at radius 2 is 1.09 bits per heavy atom. The van der Waals surface area contributed by atoms with Gasteiger partial charge in [-0.05, 0) is 21.7 Å². The van der Waals surface area contributed by atoms with Gasteiger partial charge in [-0.25, -0.2) is 0 Å². The monoisotopic (exact) mass is 350 g/mol. The number of aliphatic hydroxyl groups is 1. The lowest BCUT2D eigenvalue weighted by Crippen LogP contribution is -2.43. The van der Waals surface area contributed by atoms with Gasteiger partial charge in [0.15, 0.2) is 6.10 Å². The van der Waals surface area contributed by atoms with Crippen molar-refractivity contribution in [3.05, 3.63) is 0 Å². The first-order chi connectivity index (χ1) is 10.2. The molecule has 0 spiro atoms. The summed E-state index contributed by atoms with van der Waals surface area (Å²) < 4.78 is 0. The van der Waals surface area contributed by atoms with E-state index in [-0.39, 0.29) is 5.04 Å². The van der Waals surface area contributed by atoms with Crippen molar-refractivity contribution in [2.75, 3.05) is 0 Å². The number of hydrogen-bond donors (Lipinski definition) is 1. The lowest BCUT2D eigenvalue weighted by molar-refractivity contribution is 0.290. The quantitative estimate of drug-likeness (QED) is 0.517. The minimum Gasteiger partial charge on any atom is -0.369 e. The second-order valence-electron chi connectivity index (χ2n) is 9.21. The summed E-state index contributed by atoms with van der Waals surface area (Å²) in [7, 11) is -3.47. The van der Waals surface area contributed by atoms with Gasteiger partial charge in [-0.1, -0.05) is 87.2 Å². The van der Waals surface area contributed by atoms with Crippen LogP contribution in [0.3, 0.4) is 0 Å². The maximum absolute atomic E-state index is 10.3. The molecular weight excluding hydrogens is 312 g/mol. The summed E-state index contributed by atoms with van der Waals surface area (Å²) in [5, 5.41) is 10.5. The third-order valence-electron chi connectivity index (χ3n) is 5.69. The minimum atomic E-state index is -1.78. The first-order valence-corrected chi connectivity index (χ1v) is 14.1. The Labute approximate surface area is 147 Å². The van der Waals surface area contributed by atoms with E-state index in [9.17, 15) is 5.11 Å². The highest BCUT2D eigenvalue weighted by molar-refractivity contribution is 6.90. The molecule has 0 radical (unpaired) electrons. The highest BCUT2D eigenvalue weighted by atomic mass is 28.3. The highest BCUT2D eigenvalue weighted by Gasteiger charge is 2.41. The van der Waals surface area contributed by atoms with E-state index in [1.165, 1.54) is 0 Å². The Kier molecular flexibility index (Phi) is 7.89. The third kappa shape index (κ3) is 5.52. The molecule has 0 bridgehead atoms. The molecule has 0 rings (SSSR count). The van der Waals surface area contributed by atoms with E-state index in [4.69, 9.17) is 0 Å². The fourth-order valence-corrected chi connectivity index (χ4v) is 9.22. The molecule has 0 aromatic carbocycles. The number of rotatable bonds is 3. The Balaban J connectivity index is 5.56. The molecule has 1 N–H and O–H groups in total. The van der Waals surface area contributed by atoms with E-state index in [1.807, 2.05) is 0 Å². The molecule has 0 aliphatic heterocycles. The van der Waals surface area contributed by atoms with Crippen LogP contribution in [0.4, 0.5) is 0 Å². The molecule has 0 fully saturated rings. The van der Waals surface area contributed by atoms with E-state index in [0.717, 1.165) is 0 Å². The average molecular weight is 351 g/mol. The second kappa shape index (κ2) is 8.06. The molecule has 0 saturated heterocycles. The maximum Gasteiger partial charge on any atom is 0.175 e. The van der Waals surface area contributed by atoms with Gasteiger partial charge in [0.2, 0.25) is 0 Å². The van der Waals surface area contributed by atoms with Gasteiger partial charge in [0, 0.05) is 0 Å². The molecule has 23 heavy (non-hydrogen) atoms. The van der Waals surface area contributed by atoms with Crippen molar-refractivity contribution in [2.24, 2.45) is 0 Å². The lowest BCUT2D eigenvalue weighted by atomic mass is 10.2. The molecule has 0 aromatic heterocycles. The summed E-state index contributed by atoms with van der Waals surface area (Å²) in [6.45, 7) is 24.9. The Hall–Kier alpha value is -0.486. The highest BCUT2D eigenvalue weighted by Crippen LogP contribution is 2.40. The average Bonchev–Trinajstić information content (AvgIpc) is 2.34. The standard InChI is InChI=1S/C20H38OSi2/c1-16(2)23(17(3)4,18(5)6)15-13-19(21)12-14-22(10,11)20(7,8)9/h16-19,21H,1-11H3.